The van der Waals surface area contributed by atoms with Gasteiger partial charge in [0.25, 0.3) is 0 Å². The van der Waals surface area contributed by atoms with Crippen LogP contribution in [0, 0.1) is 0 Å². The number of aryl methyl sites for hydroxylation is 1. The van der Waals surface area contributed by atoms with Crippen molar-refractivity contribution in [1.29, 1.82) is 0 Å². The molecule has 1 unspecified atom stereocenters. The SMILES string of the molecule is CCNC(Cc1cc(Cl)ccc1OC)c1cncn1C. The second kappa shape index (κ2) is 6.77. The normalized spacial score (nSPS) is 12.4. The van der Waals surface area contributed by atoms with Crippen LogP contribution in [-0.4, -0.2) is 23.2 Å². The number of nitrogens with one attached hydrogen (secondary N) is 1. The molecule has 2 rings (SSSR count). The third-order valence-corrected chi connectivity index (χ3v) is 3.56. The number of imidazole rings is 1. The van der Waals surface area contributed by atoms with E-state index in [1.54, 1.807) is 7.11 Å². The van der Waals surface area contributed by atoms with Crippen molar-refractivity contribution in [3.05, 3.63) is 47.0 Å². The Kier molecular flexibility index (Phi) is 5.04. The zero-order valence-electron chi connectivity index (χ0n) is 12.1. The molecule has 0 saturated carbocycles. The Balaban J connectivity index is 2.29. The van der Waals surface area contributed by atoms with E-state index in [2.05, 4.69) is 17.2 Å². The van der Waals surface area contributed by atoms with Gasteiger partial charge < -0.3 is 14.6 Å². The molecule has 5 heteroatoms. The summed E-state index contributed by atoms with van der Waals surface area (Å²) in [4.78, 5) is 4.19. The second-order valence-electron chi connectivity index (χ2n) is 4.70. The molecular weight excluding hydrogens is 274 g/mol. The van der Waals surface area contributed by atoms with Crippen LogP contribution >= 0.6 is 11.6 Å². The summed E-state index contributed by atoms with van der Waals surface area (Å²) in [7, 11) is 3.68. The highest BCUT2D eigenvalue weighted by atomic mass is 35.5. The molecule has 0 aliphatic heterocycles. The third-order valence-electron chi connectivity index (χ3n) is 3.33. The lowest BCUT2D eigenvalue weighted by atomic mass is 10.0. The van der Waals surface area contributed by atoms with Crippen molar-refractivity contribution in [3.8, 4) is 5.75 Å². The Morgan fingerprint density at radius 3 is 2.85 bits per heavy atom. The van der Waals surface area contributed by atoms with Crippen LogP contribution < -0.4 is 10.1 Å². The molecule has 0 spiro atoms. The van der Waals surface area contributed by atoms with Crippen LogP contribution in [0.3, 0.4) is 0 Å². The van der Waals surface area contributed by atoms with Gasteiger partial charge in [-0.1, -0.05) is 18.5 Å². The number of methoxy groups -OCH3 is 1. The molecule has 1 atom stereocenters. The van der Waals surface area contributed by atoms with Crippen molar-refractivity contribution in [2.75, 3.05) is 13.7 Å². The van der Waals surface area contributed by atoms with Gasteiger partial charge in [-0.15, -0.1) is 0 Å². The van der Waals surface area contributed by atoms with Gasteiger partial charge in [-0.3, -0.25) is 0 Å². The maximum atomic E-state index is 6.10. The van der Waals surface area contributed by atoms with Crippen LogP contribution in [-0.2, 0) is 13.5 Å². The molecule has 108 valence electrons. The van der Waals surface area contributed by atoms with Gasteiger partial charge in [-0.05, 0) is 36.7 Å². The molecular formula is C15H20ClN3O. The minimum Gasteiger partial charge on any atom is -0.496 e. The topological polar surface area (TPSA) is 39.1 Å². The molecule has 0 saturated heterocycles. The Hall–Kier alpha value is -1.52. The number of halogens is 1. The number of hydrogen-bond donors (Lipinski definition) is 1. The summed E-state index contributed by atoms with van der Waals surface area (Å²) < 4.78 is 7.45. The maximum Gasteiger partial charge on any atom is 0.122 e. The quantitative estimate of drug-likeness (QED) is 0.890. The largest absolute Gasteiger partial charge is 0.496 e. The third kappa shape index (κ3) is 3.32. The second-order valence-corrected chi connectivity index (χ2v) is 5.14. The number of aromatic nitrogens is 2. The molecule has 0 bridgehead atoms. The van der Waals surface area contributed by atoms with E-state index in [1.165, 1.54) is 0 Å². The summed E-state index contributed by atoms with van der Waals surface area (Å²) in [5, 5.41) is 4.21. The van der Waals surface area contributed by atoms with E-state index < -0.39 is 0 Å². The zero-order chi connectivity index (χ0) is 14.5. The molecule has 1 heterocycles. The minimum atomic E-state index is 0.180. The first kappa shape index (κ1) is 14.9. The Bertz CT molecular complexity index is 568. The van der Waals surface area contributed by atoms with Crippen molar-refractivity contribution >= 4 is 11.6 Å². The van der Waals surface area contributed by atoms with Crippen LogP contribution in [0.15, 0.2) is 30.7 Å². The standard InChI is InChI=1S/C15H20ClN3O/c1-4-18-13(14-9-17-10-19(14)2)8-11-7-12(16)5-6-15(11)20-3/h5-7,9-10,13,18H,4,8H2,1-3H3. The lowest BCUT2D eigenvalue weighted by molar-refractivity contribution is 0.404. The molecule has 1 N–H and O–H groups in total. The van der Waals surface area contributed by atoms with Gasteiger partial charge in [0.05, 0.1) is 25.2 Å². The van der Waals surface area contributed by atoms with Gasteiger partial charge in [0.15, 0.2) is 0 Å². The molecule has 0 fully saturated rings. The molecule has 0 radical (unpaired) electrons. The van der Waals surface area contributed by atoms with E-state index >= 15 is 0 Å². The van der Waals surface area contributed by atoms with Gasteiger partial charge in [-0.25, -0.2) is 4.98 Å². The first-order chi connectivity index (χ1) is 9.65. The molecule has 4 nitrogen and oxygen atoms in total. The Morgan fingerprint density at radius 1 is 1.45 bits per heavy atom. The van der Waals surface area contributed by atoms with E-state index in [1.807, 2.05) is 42.3 Å². The smallest absolute Gasteiger partial charge is 0.122 e. The van der Waals surface area contributed by atoms with Crippen molar-refractivity contribution < 1.29 is 4.74 Å². The van der Waals surface area contributed by atoms with Crippen LogP contribution in [0.4, 0.5) is 0 Å². The summed E-state index contributed by atoms with van der Waals surface area (Å²) in [5.74, 6) is 0.861. The van der Waals surface area contributed by atoms with Crippen molar-refractivity contribution in [1.82, 2.24) is 14.9 Å². The number of nitrogens with zero attached hydrogens (tertiary/aromatic N) is 2. The lowest BCUT2D eigenvalue weighted by Gasteiger charge is -2.20. The van der Waals surface area contributed by atoms with Crippen LogP contribution in [0.2, 0.25) is 5.02 Å². The number of ether oxygens (including phenoxy) is 1. The van der Waals surface area contributed by atoms with Crippen molar-refractivity contribution in [3.63, 3.8) is 0 Å². The van der Waals surface area contributed by atoms with E-state index in [0.717, 1.165) is 35.0 Å². The maximum absolute atomic E-state index is 6.10. The average Bonchev–Trinajstić information content (AvgIpc) is 2.85. The number of likely N-dealkylation sites (N-methyl/N-ethyl adjacent to an activating group) is 1. The fraction of sp³-hybridized carbons (Fsp3) is 0.400. The van der Waals surface area contributed by atoms with E-state index in [-0.39, 0.29) is 6.04 Å². The molecule has 0 amide bonds. The fourth-order valence-corrected chi connectivity index (χ4v) is 2.55. The van der Waals surface area contributed by atoms with Gasteiger partial charge in [0.1, 0.15) is 5.75 Å². The molecule has 1 aromatic heterocycles. The molecule has 2 aromatic rings. The first-order valence-electron chi connectivity index (χ1n) is 6.67. The summed E-state index contributed by atoms with van der Waals surface area (Å²) in [6, 6.07) is 5.89. The van der Waals surface area contributed by atoms with Crippen LogP contribution in [0.5, 0.6) is 5.75 Å². The Labute approximate surface area is 124 Å². The molecule has 0 aliphatic rings. The lowest BCUT2D eigenvalue weighted by Crippen LogP contribution is -2.25. The Morgan fingerprint density at radius 2 is 2.25 bits per heavy atom. The summed E-state index contributed by atoms with van der Waals surface area (Å²) in [6.07, 6.45) is 4.51. The van der Waals surface area contributed by atoms with Gasteiger partial charge in [0, 0.05) is 18.3 Å². The highest BCUT2D eigenvalue weighted by Crippen LogP contribution is 2.27. The van der Waals surface area contributed by atoms with Crippen molar-refractivity contribution in [2.24, 2.45) is 7.05 Å². The first-order valence-corrected chi connectivity index (χ1v) is 7.05. The number of hydrogen-bond acceptors (Lipinski definition) is 3. The van der Waals surface area contributed by atoms with Gasteiger partial charge in [0.2, 0.25) is 0 Å². The fourth-order valence-electron chi connectivity index (χ4n) is 2.36. The highest BCUT2D eigenvalue weighted by Gasteiger charge is 2.17. The van der Waals surface area contributed by atoms with E-state index in [4.69, 9.17) is 16.3 Å². The van der Waals surface area contributed by atoms with Crippen LogP contribution in [0.1, 0.15) is 24.2 Å². The summed E-state index contributed by atoms with van der Waals surface area (Å²) >= 11 is 6.10. The van der Waals surface area contributed by atoms with Gasteiger partial charge in [-0.2, -0.15) is 0 Å². The molecule has 20 heavy (non-hydrogen) atoms. The van der Waals surface area contributed by atoms with Crippen LogP contribution in [0.25, 0.3) is 0 Å². The number of rotatable bonds is 6. The highest BCUT2D eigenvalue weighted by molar-refractivity contribution is 6.30. The van der Waals surface area contributed by atoms with E-state index in [0.29, 0.717) is 0 Å². The van der Waals surface area contributed by atoms with Crippen molar-refractivity contribution in [2.45, 2.75) is 19.4 Å². The predicted molar refractivity (Wildman–Crippen MR) is 81.3 cm³/mol. The average molecular weight is 294 g/mol. The summed E-state index contributed by atoms with van der Waals surface area (Å²) in [6.45, 7) is 2.98. The summed E-state index contributed by atoms with van der Waals surface area (Å²) in [5.41, 5.74) is 2.24. The molecule has 1 aromatic carbocycles. The number of benzene rings is 1. The minimum absolute atomic E-state index is 0.180. The zero-order valence-corrected chi connectivity index (χ0v) is 12.8. The molecule has 0 aliphatic carbocycles. The van der Waals surface area contributed by atoms with Gasteiger partial charge >= 0.3 is 0 Å². The predicted octanol–water partition coefficient (Wildman–Crippen LogP) is 2.98. The monoisotopic (exact) mass is 293 g/mol. The van der Waals surface area contributed by atoms with E-state index in [9.17, 15) is 0 Å².